The van der Waals surface area contributed by atoms with E-state index in [0.717, 1.165) is 53.3 Å². The van der Waals surface area contributed by atoms with E-state index in [1.165, 1.54) is 12.3 Å². The summed E-state index contributed by atoms with van der Waals surface area (Å²) in [4.78, 5) is 12.8. The zero-order valence-corrected chi connectivity index (χ0v) is 23.4. The monoisotopic (exact) mass is 695 g/mol. The Morgan fingerprint density at radius 3 is 2.59 bits per heavy atom. The summed E-state index contributed by atoms with van der Waals surface area (Å²) < 4.78 is 59.2. The zero-order valence-electron chi connectivity index (χ0n) is 28.0. The smallest absolute Gasteiger partial charge is 0.216 e. The van der Waals surface area contributed by atoms with Crippen LogP contribution in [0.4, 0.5) is 0 Å². The Labute approximate surface area is 252 Å². The molecule has 4 heterocycles. The Bertz CT molecular complexity index is 1950. The van der Waals surface area contributed by atoms with E-state index in [0.29, 0.717) is 22.6 Å². The molecule has 5 heteroatoms. The van der Waals surface area contributed by atoms with Gasteiger partial charge in [0.25, 0.3) is 0 Å². The number of rotatable bonds is 3. The van der Waals surface area contributed by atoms with Gasteiger partial charge in [0.2, 0.25) is 5.71 Å². The first-order valence-corrected chi connectivity index (χ1v) is 12.6. The van der Waals surface area contributed by atoms with Gasteiger partial charge in [-0.25, -0.2) is 4.98 Å². The summed E-state index contributed by atoms with van der Waals surface area (Å²) in [6.07, 6.45) is 6.99. The van der Waals surface area contributed by atoms with Gasteiger partial charge in [-0.15, -0.1) is 54.1 Å². The molecule has 1 aliphatic rings. The van der Waals surface area contributed by atoms with Gasteiger partial charge in [0.1, 0.15) is 0 Å². The third-order valence-corrected chi connectivity index (χ3v) is 6.68. The van der Waals surface area contributed by atoms with Gasteiger partial charge in [0.05, 0.1) is 5.58 Å². The molecule has 0 unspecified atom stereocenters. The standard InChI is InChI=1S/C22H19N2O.C12H10N.Ir/c1-14-9-10-18-17-7-4-8-19(21(17)25-22(18)24-14)20-13-16(11-12-23-20)15-5-2-3-6-15;1-10-7-8-12(13-9-10)11-5-3-2-4-6-11;/h4,7,9-13,15H,2-3,5-6H2,1H3;2-5,7-9H,1H3;/q2*-1;/i1D3,15D;1D3;. The third-order valence-electron chi connectivity index (χ3n) is 6.68. The first-order chi connectivity index (χ1) is 21.4. The maximum absolute atomic E-state index is 8.79. The normalized spacial score (nSPS) is 17.3. The van der Waals surface area contributed by atoms with E-state index in [2.05, 4.69) is 27.1 Å². The van der Waals surface area contributed by atoms with E-state index in [1.54, 1.807) is 30.5 Å². The van der Waals surface area contributed by atoms with Crippen LogP contribution >= 0.6 is 0 Å². The van der Waals surface area contributed by atoms with E-state index in [4.69, 9.17) is 14.0 Å². The van der Waals surface area contributed by atoms with Crippen molar-refractivity contribution in [3.63, 3.8) is 0 Å². The molecule has 6 aromatic rings. The molecule has 39 heavy (non-hydrogen) atoms. The molecule has 0 aliphatic heterocycles. The second-order valence-corrected chi connectivity index (χ2v) is 9.20. The third kappa shape index (κ3) is 5.85. The zero-order chi connectivity index (χ0) is 31.8. The summed E-state index contributed by atoms with van der Waals surface area (Å²) >= 11 is 0. The first kappa shape index (κ1) is 19.4. The van der Waals surface area contributed by atoms with Gasteiger partial charge >= 0.3 is 0 Å². The van der Waals surface area contributed by atoms with Crippen molar-refractivity contribution in [1.82, 2.24) is 15.0 Å². The van der Waals surface area contributed by atoms with Crippen molar-refractivity contribution < 1.29 is 34.1 Å². The average molecular weight is 695 g/mol. The minimum atomic E-state index is -2.29. The van der Waals surface area contributed by atoms with Crippen molar-refractivity contribution in [3.8, 4) is 22.5 Å². The number of furan rings is 1. The van der Waals surface area contributed by atoms with Gasteiger partial charge in [-0.05, 0) is 67.6 Å². The summed E-state index contributed by atoms with van der Waals surface area (Å²) in [5, 5.41) is 1.60. The predicted octanol–water partition coefficient (Wildman–Crippen LogP) is 8.66. The van der Waals surface area contributed by atoms with Crippen LogP contribution < -0.4 is 0 Å². The Kier molecular flexibility index (Phi) is 5.98. The van der Waals surface area contributed by atoms with Crippen LogP contribution in [0, 0.1) is 25.8 Å². The molecule has 0 amide bonds. The number of hydrogen-bond donors (Lipinski definition) is 0. The fourth-order valence-electron chi connectivity index (χ4n) is 4.80. The maximum Gasteiger partial charge on any atom is 0.216 e. The molecule has 0 N–H and O–H groups in total. The van der Waals surface area contributed by atoms with Gasteiger partial charge in [-0.1, -0.05) is 47.6 Å². The number of benzene rings is 2. The second kappa shape index (κ2) is 12.0. The van der Waals surface area contributed by atoms with Gasteiger partial charge in [-0.3, -0.25) is 0 Å². The van der Waals surface area contributed by atoms with Gasteiger partial charge in [0.15, 0.2) is 0 Å². The van der Waals surface area contributed by atoms with Crippen molar-refractivity contribution >= 4 is 22.1 Å². The van der Waals surface area contributed by atoms with Crippen LogP contribution in [0.2, 0.25) is 0 Å². The number of nitrogens with zero attached hydrogens (tertiary/aromatic N) is 3. The summed E-state index contributed by atoms with van der Waals surface area (Å²) in [6, 6.07) is 27.8. The number of aromatic nitrogens is 3. The summed E-state index contributed by atoms with van der Waals surface area (Å²) in [7, 11) is 0. The van der Waals surface area contributed by atoms with Crippen LogP contribution in [0.25, 0.3) is 44.6 Å². The molecule has 1 aliphatic carbocycles. The van der Waals surface area contributed by atoms with Crippen molar-refractivity contribution in [2.45, 2.75) is 45.3 Å². The molecular formula is C34H29IrN3O-2. The molecule has 2 aromatic carbocycles. The maximum atomic E-state index is 8.79. The van der Waals surface area contributed by atoms with E-state index in [-0.39, 0.29) is 31.4 Å². The Morgan fingerprint density at radius 1 is 0.897 bits per heavy atom. The van der Waals surface area contributed by atoms with Crippen LogP contribution in [0.15, 0.2) is 89.6 Å². The number of hydrogen-bond acceptors (Lipinski definition) is 4. The van der Waals surface area contributed by atoms with E-state index < -0.39 is 19.6 Å². The van der Waals surface area contributed by atoms with Crippen molar-refractivity contribution in [1.29, 1.82) is 0 Å². The molecule has 0 spiro atoms. The quantitative estimate of drug-likeness (QED) is 0.174. The first-order valence-electron chi connectivity index (χ1n) is 16.1. The molecule has 1 saturated carbocycles. The number of fused-ring (bicyclic) bond motifs is 3. The topological polar surface area (TPSA) is 51.8 Å². The molecule has 0 saturated heterocycles. The molecule has 7 rings (SSSR count). The fraction of sp³-hybridized carbons (Fsp3) is 0.206. The SMILES string of the molecule is [2H]C([2H])([2H])c1ccc(-c2[c-]cccc2)nc1.[2H]C([2H])([2H])c1ccc2c(n1)oc1c(-c3cc(C4([2H])CCCC4)ccn3)[c-]ccc12.[Ir]. The van der Waals surface area contributed by atoms with Crippen LogP contribution in [-0.4, -0.2) is 15.0 Å². The molecule has 1 radical (unpaired) electrons. The minimum absolute atomic E-state index is 0. The minimum Gasteiger partial charge on any atom is -0.486 e. The molecular weight excluding hydrogens is 659 g/mol. The summed E-state index contributed by atoms with van der Waals surface area (Å²) in [5.41, 5.74) is 5.07. The fourth-order valence-corrected chi connectivity index (χ4v) is 4.80. The molecule has 1 fully saturated rings. The summed E-state index contributed by atoms with van der Waals surface area (Å²) in [5.74, 6) is -0.560. The predicted molar refractivity (Wildman–Crippen MR) is 153 cm³/mol. The molecule has 0 atom stereocenters. The van der Waals surface area contributed by atoms with Crippen LogP contribution in [0.1, 0.15) is 58.0 Å². The van der Waals surface area contributed by atoms with Crippen molar-refractivity contribution in [3.05, 3.63) is 114 Å². The van der Waals surface area contributed by atoms with E-state index in [9.17, 15) is 0 Å². The second-order valence-electron chi connectivity index (χ2n) is 9.20. The van der Waals surface area contributed by atoms with Crippen LogP contribution in [0.3, 0.4) is 0 Å². The van der Waals surface area contributed by atoms with Crippen molar-refractivity contribution in [2.75, 3.05) is 0 Å². The van der Waals surface area contributed by atoms with E-state index in [1.807, 2.05) is 42.5 Å². The largest absolute Gasteiger partial charge is 0.486 e. The van der Waals surface area contributed by atoms with Gasteiger partial charge in [-0.2, -0.15) is 0 Å². The Hall–Kier alpha value is -3.66. The molecule has 4 nitrogen and oxygen atoms in total. The van der Waals surface area contributed by atoms with Crippen LogP contribution in [0.5, 0.6) is 0 Å². The van der Waals surface area contributed by atoms with Gasteiger partial charge < -0.3 is 14.4 Å². The number of pyridine rings is 3. The Morgan fingerprint density at radius 2 is 1.82 bits per heavy atom. The average Bonchev–Trinajstić information content (AvgIpc) is 3.65. The molecule has 4 aromatic heterocycles. The van der Waals surface area contributed by atoms with Crippen molar-refractivity contribution in [2.24, 2.45) is 0 Å². The number of aryl methyl sites for hydroxylation is 2. The Balaban J connectivity index is 0.000000209. The van der Waals surface area contributed by atoms with Gasteiger partial charge in [0, 0.05) is 53.2 Å². The van der Waals surface area contributed by atoms with E-state index >= 15 is 0 Å². The molecule has 0 bridgehead atoms. The summed E-state index contributed by atoms with van der Waals surface area (Å²) in [6.45, 7) is -4.38. The molecule has 197 valence electrons. The van der Waals surface area contributed by atoms with Crippen LogP contribution in [-0.2, 0) is 20.1 Å².